The fourth-order valence-corrected chi connectivity index (χ4v) is 1.04. The van der Waals surface area contributed by atoms with Gasteiger partial charge in [0.05, 0.1) is 11.1 Å². The average molecular weight is 189 g/mol. The average Bonchev–Trinajstić information content (AvgIpc) is 2.59. The van der Waals surface area contributed by atoms with Crippen molar-refractivity contribution in [3.8, 4) is 6.07 Å². The van der Waals surface area contributed by atoms with Crippen LogP contribution < -0.4 is 0 Å². The van der Waals surface area contributed by atoms with Crippen LogP contribution in [-0.2, 0) is 0 Å². The standard InChI is InChI=1S/C7H3N5O2/c8-1-5-2-10-11-4-6(12(13)14)3-9-7(5)11/h2-4H. The Labute approximate surface area is 77.4 Å². The molecule has 2 heterocycles. The minimum Gasteiger partial charge on any atom is -0.258 e. The fraction of sp³-hybridized carbons (Fsp3) is 0. The summed E-state index contributed by atoms with van der Waals surface area (Å²) in [5.74, 6) is 0. The lowest BCUT2D eigenvalue weighted by Crippen LogP contribution is -1.95. The van der Waals surface area contributed by atoms with Crippen molar-refractivity contribution in [3.63, 3.8) is 0 Å². The Kier molecular flexibility index (Phi) is 1.61. The molecule has 0 spiro atoms. The summed E-state index contributed by atoms with van der Waals surface area (Å²) < 4.78 is 1.21. The van der Waals surface area contributed by atoms with E-state index in [0.717, 1.165) is 6.20 Å². The highest BCUT2D eigenvalue weighted by molar-refractivity contribution is 5.54. The lowest BCUT2D eigenvalue weighted by atomic mass is 10.4. The zero-order chi connectivity index (χ0) is 10.1. The van der Waals surface area contributed by atoms with Gasteiger partial charge in [0.2, 0.25) is 0 Å². The van der Waals surface area contributed by atoms with E-state index in [1.165, 1.54) is 16.9 Å². The molecule has 0 amide bonds. The summed E-state index contributed by atoms with van der Waals surface area (Å²) in [4.78, 5) is 13.6. The molecule has 0 N–H and O–H groups in total. The molecule has 2 rings (SSSR count). The first-order chi connectivity index (χ1) is 6.72. The van der Waals surface area contributed by atoms with E-state index in [4.69, 9.17) is 5.26 Å². The smallest absolute Gasteiger partial charge is 0.258 e. The molecule has 2 aromatic rings. The summed E-state index contributed by atoms with van der Waals surface area (Å²) in [6, 6.07) is 1.88. The van der Waals surface area contributed by atoms with E-state index in [-0.39, 0.29) is 5.69 Å². The molecule has 0 aliphatic carbocycles. The quantitative estimate of drug-likeness (QED) is 0.480. The number of nitrogens with zero attached hydrogens (tertiary/aromatic N) is 5. The first kappa shape index (κ1) is 8.12. The fourth-order valence-electron chi connectivity index (χ4n) is 1.04. The van der Waals surface area contributed by atoms with Gasteiger partial charge in [-0.05, 0) is 0 Å². The highest BCUT2D eigenvalue weighted by Gasteiger charge is 2.10. The van der Waals surface area contributed by atoms with Crippen molar-refractivity contribution in [2.75, 3.05) is 0 Å². The molecule has 0 saturated heterocycles. The van der Waals surface area contributed by atoms with Crippen molar-refractivity contribution in [2.24, 2.45) is 0 Å². The highest BCUT2D eigenvalue weighted by atomic mass is 16.6. The Balaban J connectivity index is 2.70. The van der Waals surface area contributed by atoms with Gasteiger partial charge in [0, 0.05) is 0 Å². The molecular weight excluding hydrogens is 186 g/mol. The summed E-state index contributed by atoms with van der Waals surface area (Å²) in [6.07, 6.45) is 3.62. The number of hydrogen-bond acceptors (Lipinski definition) is 5. The van der Waals surface area contributed by atoms with Crippen LogP contribution in [0.3, 0.4) is 0 Å². The van der Waals surface area contributed by atoms with Crippen LogP contribution in [0.2, 0.25) is 0 Å². The van der Waals surface area contributed by atoms with Gasteiger partial charge < -0.3 is 0 Å². The first-order valence-corrected chi connectivity index (χ1v) is 3.60. The minimum absolute atomic E-state index is 0.162. The number of aromatic nitrogens is 3. The van der Waals surface area contributed by atoms with E-state index in [0.29, 0.717) is 11.2 Å². The van der Waals surface area contributed by atoms with Crippen LogP contribution in [0.4, 0.5) is 5.69 Å². The van der Waals surface area contributed by atoms with Crippen molar-refractivity contribution in [2.45, 2.75) is 0 Å². The maximum absolute atomic E-state index is 10.4. The Morgan fingerprint density at radius 2 is 2.36 bits per heavy atom. The van der Waals surface area contributed by atoms with E-state index >= 15 is 0 Å². The minimum atomic E-state index is -0.569. The number of fused-ring (bicyclic) bond motifs is 1. The van der Waals surface area contributed by atoms with Gasteiger partial charge in [0.15, 0.2) is 5.65 Å². The Morgan fingerprint density at radius 3 is 3.00 bits per heavy atom. The second-order valence-corrected chi connectivity index (χ2v) is 2.51. The monoisotopic (exact) mass is 189 g/mol. The summed E-state index contributed by atoms with van der Waals surface area (Å²) in [7, 11) is 0. The maximum Gasteiger partial charge on any atom is 0.305 e. The van der Waals surface area contributed by atoms with Gasteiger partial charge in [0.25, 0.3) is 0 Å². The van der Waals surface area contributed by atoms with Gasteiger partial charge >= 0.3 is 5.69 Å². The predicted molar refractivity (Wildman–Crippen MR) is 44.4 cm³/mol. The number of nitriles is 1. The van der Waals surface area contributed by atoms with Crippen LogP contribution in [-0.4, -0.2) is 19.5 Å². The normalized spacial score (nSPS) is 9.93. The lowest BCUT2D eigenvalue weighted by molar-refractivity contribution is -0.385. The van der Waals surface area contributed by atoms with Gasteiger partial charge in [-0.25, -0.2) is 9.50 Å². The molecule has 2 aromatic heterocycles. The highest BCUT2D eigenvalue weighted by Crippen LogP contribution is 2.12. The molecule has 0 fully saturated rings. The number of hydrogen-bond donors (Lipinski definition) is 0. The zero-order valence-corrected chi connectivity index (χ0v) is 6.78. The van der Waals surface area contributed by atoms with Crippen molar-refractivity contribution < 1.29 is 4.92 Å². The second-order valence-electron chi connectivity index (χ2n) is 2.51. The van der Waals surface area contributed by atoms with Gasteiger partial charge in [-0.3, -0.25) is 10.1 Å². The molecule has 7 nitrogen and oxygen atoms in total. The van der Waals surface area contributed by atoms with Crippen LogP contribution in [0.1, 0.15) is 5.56 Å². The second kappa shape index (κ2) is 2.77. The van der Waals surface area contributed by atoms with E-state index < -0.39 is 4.92 Å². The molecular formula is C7H3N5O2. The van der Waals surface area contributed by atoms with Gasteiger partial charge in [-0.15, -0.1) is 0 Å². The molecule has 0 radical (unpaired) electrons. The summed E-state index contributed by atoms with van der Waals surface area (Å²) in [6.45, 7) is 0. The van der Waals surface area contributed by atoms with Crippen molar-refractivity contribution >= 4 is 11.3 Å². The molecule has 0 saturated carbocycles. The van der Waals surface area contributed by atoms with Crippen LogP contribution >= 0.6 is 0 Å². The van der Waals surface area contributed by atoms with Crippen molar-refractivity contribution in [3.05, 3.63) is 34.3 Å². The molecule has 7 heteroatoms. The summed E-state index contributed by atoms with van der Waals surface area (Å²) in [5.41, 5.74) is 0.447. The van der Waals surface area contributed by atoms with E-state index in [2.05, 4.69) is 10.1 Å². The van der Waals surface area contributed by atoms with Crippen molar-refractivity contribution in [1.29, 1.82) is 5.26 Å². The van der Waals surface area contributed by atoms with Crippen LogP contribution in [0.25, 0.3) is 5.65 Å². The molecule has 68 valence electrons. The van der Waals surface area contributed by atoms with Crippen LogP contribution in [0.15, 0.2) is 18.6 Å². The number of rotatable bonds is 1. The van der Waals surface area contributed by atoms with Gasteiger partial charge in [-0.1, -0.05) is 0 Å². The van der Waals surface area contributed by atoms with E-state index in [9.17, 15) is 10.1 Å². The molecule has 0 aliphatic rings. The molecule has 0 aliphatic heterocycles. The topological polar surface area (TPSA) is 97.1 Å². The number of nitro groups is 1. The summed E-state index contributed by atoms with van der Waals surface area (Å²) in [5, 5.41) is 22.8. The Bertz CT molecular complexity index is 553. The third kappa shape index (κ3) is 1.06. The van der Waals surface area contributed by atoms with Crippen LogP contribution in [0, 0.1) is 21.4 Å². The Hall–Kier alpha value is -2.49. The van der Waals surface area contributed by atoms with Gasteiger partial charge in [0.1, 0.15) is 24.0 Å². The third-order valence-corrected chi connectivity index (χ3v) is 1.67. The van der Waals surface area contributed by atoms with Crippen LogP contribution in [0.5, 0.6) is 0 Å². The predicted octanol–water partition coefficient (Wildman–Crippen LogP) is 0.509. The molecule has 0 atom stereocenters. The first-order valence-electron chi connectivity index (χ1n) is 3.60. The maximum atomic E-state index is 10.4. The van der Waals surface area contributed by atoms with Crippen molar-refractivity contribution in [1.82, 2.24) is 14.6 Å². The van der Waals surface area contributed by atoms with E-state index in [1.54, 1.807) is 0 Å². The van der Waals surface area contributed by atoms with Gasteiger partial charge in [-0.2, -0.15) is 10.4 Å². The molecule has 0 bridgehead atoms. The summed E-state index contributed by atoms with van der Waals surface area (Å²) >= 11 is 0. The Morgan fingerprint density at radius 1 is 1.57 bits per heavy atom. The molecule has 14 heavy (non-hydrogen) atoms. The SMILES string of the molecule is N#Cc1cnn2cc([N+](=O)[O-])cnc12. The third-order valence-electron chi connectivity index (χ3n) is 1.67. The van der Waals surface area contributed by atoms with E-state index in [1.807, 2.05) is 6.07 Å². The molecule has 0 unspecified atom stereocenters. The largest absolute Gasteiger partial charge is 0.305 e. The zero-order valence-electron chi connectivity index (χ0n) is 6.78. The molecule has 0 aromatic carbocycles. The lowest BCUT2D eigenvalue weighted by Gasteiger charge is -1.92.